The zero-order valence-corrected chi connectivity index (χ0v) is 14.2. The van der Waals surface area contributed by atoms with Gasteiger partial charge in [-0.1, -0.05) is 18.2 Å². The highest BCUT2D eigenvalue weighted by atomic mass is 32.1. The fourth-order valence-electron chi connectivity index (χ4n) is 2.05. The predicted molar refractivity (Wildman–Crippen MR) is 95.2 cm³/mol. The number of halogens is 2. The molecule has 0 aliphatic rings. The van der Waals surface area contributed by atoms with Crippen molar-refractivity contribution in [3.05, 3.63) is 76.3 Å². The molecule has 0 saturated carbocycles. The minimum absolute atomic E-state index is 0.147. The number of benzene rings is 2. The van der Waals surface area contributed by atoms with E-state index >= 15 is 0 Å². The van der Waals surface area contributed by atoms with Gasteiger partial charge in [-0.3, -0.25) is 5.43 Å². The van der Waals surface area contributed by atoms with E-state index < -0.39 is 11.6 Å². The summed E-state index contributed by atoms with van der Waals surface area (Å²) < 4.78 is 31.7. The van der Waals surface area contributed by atoms with E-state index in [0.717, 1.165) is 28.5 Å². The minimum Gasteiger partial charge on any atom is -0.489 e. The van der Waals surface area contributed by atoms with Gasteiger partial charge in [-0.15, -0.1) is 11.3 Å². The lowest BCUT2D eigenvalue weighted by Crippen LogP contribution is -1.98. The van der Waals surface area contributed by atoms with Crippen LogP contribution in [0.15, 0.2) is 52.9 Å². The summed E-state index contributed by atoms with van der Waals surface area (Å²) in [5, 5.41) is 6.79. The van der Waals surface area contributed by atoms with Crippen molar-refractivity contribution in [2.45, 2.75) is 13.5 Å². The summed E-state index contributed by atoms with van der Waals surface area (Å²) in [6.07, 6.45) is 1.65. The first-order valence-electron chi connectivity index (χ1n) is 7.48. The Balaban J connectivity index is 1.59. The van der Waals surface area contributed by atoms with E-state index in [1.54, 1.807) is 18.3 Å². The van der Waals surface area contributed by atoms with Crippen molar-refractivity contribution in [1.82, 2.24) is 4.98 Å². The van der Waals surface area contributed by atoms with E-state index in [0.29, 0.717) is 11.3 Å². The molecule has 0 bridgehead atoms. The van der Waals surface area contributed by atoms with Gasteiger partial charge in [-0.05, 0) is 42.3 Å². The predicted octanol–water partition coefficient (Wildman–Crippen LogP) is 4.75. The van der Waals surface area contributed by atoms with Crippen LogP contribution < -0.4 is 10.2 Å². The van der Waals surface area contributed by atoms with Crippen molar-refractivity contribution in [3.8, 4) is 5.75 Å². The number of ether oxygens (including phenoxy) is 1. The zero-order chi connectivity index (χ0) is 17.6. The van der Waals surface area contributed by atoms with Gasteiger partial charge in [-0.25, -0.2) is 13.8 Å². The maximum Gasteiger partial charge on any atom is 0.203 e. The van der Waals surface area contributed by atoms with E-state index in [4.69, 9.17) is 4.74 Å². The van der Waals surface area contributed by atoms with E-state index in [-0.39, 0.29) is 6.61 Å². The van der Waals surface area contributed by atoms with Gasteiger partial charge >= 0.3 is 0 Å². The Kier molecular flexibility index (Phi) is 5.35. The van der Waals surface area contributed by atoms with Gasteiger partial charge in [0, 0.05) is 5.38 Å². The highest BCUT2D eigenvalue weighted by Crippen LogP contribution is 2.17. The third-order valence-corrected chi connectivity index (χ3v) is 4.11. The smallest absolute Gasteiger partial charge is 0.203 e. The Bertz CT molecular complexity index is 896. The van der Waals surface area contributed by atoms with Crippen LogP contribution in [0, 0.1) is 18.6 Å². The summed E-state index contributed by atoms with van der Waals surface area (Å²) in [4.78, 5) is 4.25. The number of thiazole rings is 1. The molecule has 1 heterocycles. The van der Waals surface area contributed by atoms with Crippen LogP contribution >= 0.6 is 11.3 Å². The summed E-state index contributed by atoms with van der Waals surface area (Å²) in [6.45, 7) is 2.06. The van der Waals surface area contributed by atoms with Crippen LogP contribution in [0.25, 0.3) is 0 Å². The summed E-state index contributed by atoms with van der Waals surface area (Å²) in [7, 11) is 0. The number of nitrogens with zero attached hydrogens (tertiary/aromatic N) is 2. The minimum atomic E-state index is -0.884. The molecule has 3 aromatic rings. The van der Waals surface area contributed by atoms with E-state index in [1.807, 2.05) is 24.4 Å². The largest absolute Gasteiger partial charge is 0.489 e. The van der Waals surface area contributed by atoms with Crippen LogP contribution in [-0.4, -0.2) is 11.2 Å². The van der Waals surface area contributed by atoms with Gasteiger partial charge in [0.05, 0.1) is 11.9 Å². The number of rotatable bonds is 6. The molecule has 0 amide bonds. The second kappa shape index (κ2) is 7.85. The fourth-order valence-corrected chi connectivity index (χ4v) is 2.69. The molecule has 0 spiro atoms. The Morgan fingerprint density at radius 2 is 2.08 bits per heavy atom. The number of hydrogen-bond acceptors (Lipinski definition) is 5. The number of hydrogen-bond donors (Lipinski definition) is 1. The molecule has 25 heavy (non-hydrogen) atoms. The number of aromatic nitrogens is 1. The molecule has 0 radical (unpaired) electrons. The average molecular weight is 359 g/mol. The molecule has 2 aromatic carbocycles. The third kappa shape index (κ3) is 4.84. The SMILES string of the molecule is Cc1csc(NN=Cc2cccc(OCc3ccc(F)c(F)c3)c2)n1. The van der Waals surface area contributed by atoms with Gasteiger partial charge in [0.1, 0.15) is 12.4 Å². The quantitative estimate of drug-likeness (QED) is 0.510. The lowest BCUT2D eigenvalue weighted by atomic mass is 10.2. The van der Waals surface area contributed by atoms with Gasteiger partial charge in [-0.2, -0.15) is 5.10 Å². The highest BCUT2D eigenvalue weighted by Gasteiger charge is 2.03. The van der Waals surface area contributed by atoms with E-state index in [9.17, 15) is 8.78 Å². The molecular formula is C18H15F2N3OS. The van der Waals surface area contributed by atoms with Crippen molar-refractivity contribution < 1.29 is 13.5 Å². The Morgan fingerprint density at radius 3 is 2.84 bits per heavy atom. The fraction of sp³-hybridized carbons (Fsp3) is 0.111. The lowest BCUT2D eigenvalue weighted by Gasteiger charge is -2.07. The van der Waals surface area contributed by atoms with Gasteiger partial charge in [0.2, 0.25) is 5.13 Å². The van der Waals surface area contributed by atoms with E-state index in [1.165, 1.54) is 17.4 Å². The number of hydrazone groups is 1. The monoisotopic (exact) mass is 359 g/mol. The molecule has 0 aliphatic heterocycles. The number of anilines is 1. The van der Waals surface area contributed by atoms with Crippen LogP contribution in [0.4, 0.5) is 13.9 Å². The standard InChI is InChI=1S/C18H15F2N3OS/c1-12-11-25-18(22-12)23-21-9-13-3-2-4-15(7-13)24-10-14-5-6-16(19)17(20)8-14/h2-9,11H,10H2,1H3,(H,22,23). The molecule has 0 atom stereocenters. The molecule has 3 rings (SSSR count). The van der Waals surface area contributed by atoms with Crippen molar-refractivity contribution in [2.24, 2.45) is 5.10 Å². The lowest BCUT2D eigenvalue weighted by molar-refractivity contribution is 0.305. The molecule has 0 aliphatic carbocycles. The van der Waals surface area contributed by atoms with E-state index in [2.05, 4.69) is 15.5 Å². The Hall–Kier alpha value is -2.80. The number of nitrogens with one attached hydrogen (secondary N) is 1. The topological polar surface area (TPSA) is 46.5 Å². The summed E-state index contributed by atoms with van der Waals surface area (Å²) in [5.74, 6) is -1.14. The second-order valence-electron chi connectivity index (χ2n) is 5.27. The molecule has 0 fully saturated rings. The molecule has 1 aromatic heterocycles. The molecule has 1 N–H and O–H groups in total. The average Bonchev–Trinajstić information content (AvgIpc) is 3.02. The Morgan fingerprint density at radius 1 is 1.20 bits per heavy atom. The molecule has 128 valence electrons. The van der Waals surface area contributed by atoms with Crippen molar-refractivity contribution in [3.63, 3.8) is 0 Å². The first-order chi connectivity index (χ1) is 12.1. The molecule has 4 nitrogen and oxygen atoms in total. The van der Waals surface area contributed by atoms with Crippen molar-refractivity contribution in [2.75, 3.05) is 5.43 Å². The zero-order valence-electron chi connectivity index (χ0n) is 13.4. The van der Waals surface area contributed by atoms with Gasteiger partial charge in [0.15, 0.2) is 11.6 Å². The van der Waals surface area contributed by atoms with Crippen molar-refractivity contribution >= 4 is 22.7 Å². The van der Waals surface area contributed by atoms with Crippen LogP contribution in [0.5, 0.6) is 5.75 Å². The maximum atomic E-state index is 13.2. The summed E-state index contributed by atoms with van der Waals surface area (Å²) in [6, 6.07) is 11.0. The van der Waals surface area contributed by atoms with Crippen LogP contribution in [0.2, 0.25) is 0 Å². The van der Waals surface area contributed by atoms with Crippen LogP contribution in [0.3, 0.4) is 0 Å². The highest BCUT2D eigenvalue weighted by molar-refractivity contribution is 7.13. The third-order valence-electron chi connectivity index (χ3n) is 3.24. The molecule has 7 heteroatoms. The van der Waals surface area contributed by atoms with Gasteiger partial charge < -0.3 is 4.74 Å². The summed E-state index contributed by atoms with van der Waals surface area (Å²) >= 11 is 1.48. The Labute approximate surface area is 147 Å². The van der Waals surface area contributed by atoms with Gasteiger partial charge in [0.25, 0.3) is 0 Å². The van der Waals surface area contributed by atoms with Crippen molar-refractivity contribution in [1.29, 1.82) is 0 Å². The van der Waals surface area contributed by atoms with Crippen LogP contribution in [-0.2, 0) is 6.61 Å². The molecule has 0 unspecified atom stereocenters. The second-order valence-corrected chi connectivity index (χ2v) is 6.13. The molecule has 0 saturated heterocycles. The molecular weight excluding hydrogens is 344 g/mol. The first kappa shape index (κ1) is 17.0. The maximum absolute atomic E-state index is 13.2. The first-order valence-corrected chi connectivity index (χ1v) is 8.36. The van der Waals surface area contributed by atoms with Crippen LogP contribution in [0.1, 0.15) is 16.8 Å². The number of aryl methyl sites for hydroxylation is 1. The summed E-state index contributed by atoms with van der Waals surface area (Å²) in [5.41, 5.74) is 5.19. The normalized spacial score (nSPS) is 11.0.